The maximum absolute atomic E-state index is 4.72. The first-order valence-electron chi connectivity index (χ1n) is 19.3. The van der Waals surface area contributed by atoms with E-state index in [2.05, 4.69) is 188 Å². The Hall–Kier alpha value is -7.16. The molecule has 0 spiro atoms. The molecule has 2 nitrogen and oxygen atoms in total. The van der Waals surface area contributed by atoms with Crippen LogP contribution in [-0.4, -0.2) is 9.97 Å². The van der Waals surface area contributed by atoms with E-state index in [0.717, 1.165) is 34.5 Å². The quantitative estimate of drug-likeness (QED) is 0.154. The molecular weight excluding hydrogens is 677 g/mol. The van der Waals surface area contributed by atoms with Gasteiger partial charge < -0.3 is 0 Å². The summed E-state index contributed by atoms with van der Waals surface area (Å²) in [6.45, 7) is 0. The van der Waals surface area contributed by atoms with Gasteiger partial charge in [0, 0.05) is 29.4 Å². The average Bonchev–Trinajstić information content (AvgIpc) is 3.29. The number of rotatable bonds is 7. The highest BCUT2D eigenvalue weighted by Gasteiger charge is 2.20. The van der Waals surface area contributed by atoms with Crippen LogP contribution in [0.15, 0.2) is 213 Å². The highest BCUT2D eigenvalue weighted by Crippen LogP contribution is 2.46. The number of aromatic nitrogens is 2. The zero-order valence-corrected chi connectivity index (χ0v) is 30.9. The number of fused-ring (bicyclic) bond motifs is 2. The Kier molecular flexibility index (Phi) is 8.70. The second kappa shape index (κ2) is 14.6. The van der Waals surface area contributed by atoms with Crippen molar-refractivity contribution in [2.45, 2.75) is 12.3 Å². The third kappa shape index (κ3) is 6.32. The van der Waals surface area contributed by atoms with Gasteiger partial charge in [0.2, 0.25) is 0 Å². The van der Waals surface area contributed by atoms with Gasteiger partial charge in [0.25, 0.3) is 0 Å². The molecule has 1 unspecified atom stereocenters. The van der Waals surface area contributed by atoms with Crippen molar-refractivity contribution in [3.63, 3.8) is 0 Å². The number of hydrogen-bond acceptors (Lipinski definition) is 2. The first-order valence-corrected chi connectivity index (χ1v) is 19.3. The van der Waals surface area contributed by atoms with Crippen LogP contribution < -0.4 is 0 Å². The van der Waals surface area contributed by atoms with Gasteiger partial charge in [-0.1, -0.05) is 152 Å². The van der Waals surface area contributed by atoms with Gasteiger partial charge in [-0.25, -0.2) is 0 Å². The lowest BCUT2D eigenvalue weighted by molar-refractivity contribution is 0.854. The van der Waals surface area contributed by atoms with Crippen LogP contribution in [0.25, 0.3) is 88.6 Å². The van der Waals surface area contributed by atoms with Crippen LogP contribution in [-0.2, 0) is 0 Å². The maximum atomic E-state index is 4.72. The summed E-state index contributed by atoms with van der Waals surface area (Å²) >= 11 is 0. The Morgan fingerprint density at radius 2 is 0.893 bits per heavy atom. The molecule has 9 aromatic rings. The van der Waals surface area contributed by atoms with Gasteiger partial charge >= 0.3 is 0 Å². The van der Waals surface area contributed by atoms with E-state index in [1.807, 2.05) is 24.5 Å². The van der Waals surface area contributed by atoms with E-state index in [0.29, 0.717) is 5.92 Å². The normalized spacial score (nSPS) is 13.7. The summed E-state index contributed by atoms with van der Waals surface area (Å²) in [7, 11) is 0. The fourth-order valence-electron chi connectivity index (χ4n) is 8.37. The van der Waals surface area contributed by atoms with Crippen LogP contribution in [0.2, 0.25) is 0 Å². The van der Waals surface area contributed by atoms with E-state index < -0.39 is 0 Å². The molecule has 2 aromatic heterocycles. The average molecular weight is 715 g/mol. The van der Waals surface area contributed by atoms with Gasteiger partial charge in [0.1, 0.15) is 0 Å². The van der Waals surface area contributed by atoms with E-state index in [-0.39, 0.29) is 0 Å². The summed E-state index contributed by atoms with van der Waals surface area (Å²) in [5.74, 6) is 0.328. The predicted octanol–water partition coefficient (Wildman–Crippen LogP) is 14.4. The Morgan fingerprint density at radius 1 is 0.357 bits per heavy atom. The molecule has 2 heterocycles. The summed E-state index contributed by atoms with van der Waals surface area (Å²) < 4.78 is 0. The van der Waals surface area contributed by atoms with Gasteiger partial charge in [-0.2, -0.15) is 0 Å². The predicted molar refractivity (Wildman–Crippen MR) is 235 cm³/mol. The van der Waals surface area contributed by atoms with Gasteiger partial charge in [-0.05, 0) is 127 Å². The molecule has 1 aliphatic rings. The fourth-order valence-corrected chi connectivity index (χ4v) is 8.37. The SMILES string of the molecule is C1=CCC(c2cc(-c3ccccc3)cc(-c3ccc4c(-c5cccc(-c6ccccn6)c5)c5ccccc5c(-c5cccc(-c6ccccn6)c5)c4c3)c2)C=C1. The fraction of sp³-hybridized carbons (Fsp3) is 0.0370. The molecule has 0 saturated heterocycles. The van der Waals surface area contributed by atoms with E-state index in [4.69, 9.17) is 9.97 Å². The lowest BCUT2D eigenvalue weighted by Crippen LogP contribution is -1.98. The Bertz CT molecular complexity index is 2930. The first kappa shape index (κ1) is 33.4. The molecule has 0 fully saturated rings. The van der Waals surface area contributed by atoms with E-state index in [1.165, 1.54) is 66.1 Å². The number of hydrogen-bond donors (Lipinski definition) is 0. The summed E-state index contributed by atoms with van der Waals surface area (Å²) in [6, 6.07) is 63.8. The molecule has 0 radical (unpaired) electrons. The molecule has 0 saturated carbocycles. The number of nitrogens with zero attached hydrogens (tertiary/aromatic N) is 2. The van der Waals surface area contributed by atoms with E-state index >= 15 is 0 Å². The lowest BCUT2D eigenvalue weighted by atomic mass is 9.83. The van der Waals surface area contributed by atoms with Gasteiger partial charge in [-0.3, -0.25) is 9.97 Å². The van der Waals surface area contributed by atoms with Crippen LogP contribution in [0.1, 0.15) is 17.9 Å². The van der Waals surface area contributed by atoms with Gasteiger partial charge in [0.15, 0.2) is 0 Å². The van der Waals surface area contributed by atoms with Crippen molar-refractivity contribution < 1.29 is 0 Å². The van der Waals surface area contributed by atoms with Crippen LogP contribution in [0.3, 0.4) is 0 Å². The maximum Gasteiger partial charge on any atom is 0.0702 e. The Labute approximate surface area is 327 Å². The van der Waals surface area contributed by atoms with Gasteiger partial charge in [-0.15, -0.1) is 0 Å². The molecule has 0 N–H and O–H groups in total. The zero-order valence-electron chi connectivity index (χ0n) is 30.9. The molecule has 0 aliphatic heterocycles. The standard InChI is InChI=1S/C54H38N2/c1-3-15-37(16-4-1)44-33-45(38-17-5-2-6-18-38)35-46(34-44)39-27-28-49-50(36-39)54(43-22-14-20-41(32-43)52-26-10-12-30-56-52)48-24-8-7-23-47(48)53(49)42-21-13-19-40(31-42)51-25-9-11-29-55-51/h1-17,19-36,38H,18H2. The highest BCUT2D eigenvalue weighted by molar-refractivity contribution is 6.22. The largest absolute Gasteiger partial charge is 0.256 e. The minimum Gasteiger partial charge on any atom is -0.256 e. The molecule has 10 rings (SSSR count). The van der Waals surface area contributed by atoms with Crippen molar-refractivity contribution in [1.29, 1.82) is 0 Å². The molecule has 0 amide bonds. The van der Waals surface area contributed by atoms with E-state index in [1.54, 1.807) is 0 Å². The number of benzene rings is 7. The summed E-state index contributed by atoms with van der Waals surface area (Å²) in [4.78, 5) is 9.41. The lowest BCUT2D eigenvalue weighted by Gasteiger charge is -2.20. The molecule has 264 valence electrons. The van der Waals surface area contributed by atoms with Crippen molar-refractivity contribution in [2.24, 2.45) is 0 Å². The van der Waals surface area contributed by atoms with E-state index in [9.17, 15) is 0 Å². The summed E-state index contributed by atoms with van der Waals surface area (Å²) in [5.41, 5.74) is 15.1. The minimum atomic E-state index is 0.328. The topological polar surface area (TPSA) is 25.8 Å². The summed E-state index contributed by atoms with van der Waals surface area (Å²) in [6.07, 6.45) is 13.7. The molecule has 1 atom stereocenters. The van der Waals surface area contributed by atoms with Gasteiger partial charge in [0.05, 0.1) is 11.4 Å². The smallest absolute Gasteiger partial charge is 0.0702 e. The molecule has 2 heteroatoms. The molecular formula is C54H38N2. The van der Waals surface area contributed by atoms with Crippen LogP contribution in [0.4, 0.5) is 0 Å². The van der Waals surface area contributed by atoms with Crippen LogP contribution in [0.5, 0.6) is 0 Å². The molecule has 1 aliphatic carbocycles. The van der Waals surface area contributed by atoms with Crippen molar-refractivity contribution in [2.75, 3.05) is 0 Å². The zero-order chi connectivity index (χ0) is 37.3. The molecule has 56 heavy (non-hydrogen) atoms. The first-order chi connectivity index (χ1) is 27.8. The third-order valence-electron chi connectivity index (χ3n) is 11.1. The monoisotopic (exact) mass is 714 g/mol. The number of pyridine rings is 2. The van der Waals surface area contributed by atoms with Crippen molar-refractivity contribution in [3.8, 4) is 67.0 Å². The highest BCUT2D eigenvalue weighted by atomic mass is 14.7. The Balaban J connectivity index is 1.25. The third-order valence-corrected chi connectivity index (χ3v) is 11.1. The molecule has 0 bridgehead atoms. The van der Waals surface area contributed by atoms with Crippen LogP contribution >= 0.6 is 0 Å². The van der Waals surface area contributed by atoms with Crippen molar-refractivity contribution in [3.05, 3.63) is 218 Å². The molecule has 7 aromatic carbocycles. The second-order valence-electron chi connectivity index (χ2n) is 14.5. The summed E-state index contributed by atoms with van der Waals surface area (Å²) in [5, 5.41) is 4.86. The minimum absolute atomic E-state index is 0.328. The van der Waals surface area contributed by atoms with Crippen molar-refractivity contribution in [1.82, 2.24) is 9.97 Å². The second-order valence-corrected chi connectivity index (χ2v) is 14.5. The number of allylic oxidation sites excluding steroid dienone is 4. The van der Waals surface area contributed by atoms with Crippen LogP contribution in [0, 0.1) is 0 Å². The van der Waals surface area contributed by atoms with Crippen molar-refractivity contribution >= 4 is 21.5 Å². The Morgan fingerprint density at radius 3 is 1.50 bits per heavy atom.